The normalized spacial score (nSPS) is 20.8. The van der Waals surface area contributed by atoms with E-state index in [1.54, 1.807) is 0 Å². The molecule has 1 aromatic carbocycles. The first-order valence-electron chi connectivity index (χ1n) is 11.7. The number of rotatable bonds is 4. The number of hydrogen-bond donors (Lipinski definition) is 1. The summed E-state index contributed by atoms with van der Waals surface area (Å²) in [5.41, 5.74) is 2.99. The molecule has 5 rings (SSSR count). The minimum absolute atomic E-state index is 0.0588. The average Bonchev–Trinajstić information content (AvgIpc) is 3.54. The summed E-state index contributed by atoms with van der Waals surface area (Å²) in [6.45, 7) is 5.70. The van der Waals surface area contributed by atoms with Gasteiger partial charge in [0.05, 0.1) is 17.6 Å². The fourth-order valence-corrected chi connectivity index (χ4v) is 5.32. The molecule has 7 heteroatoms. The monoisotopic (exact) mass is 436 g/mol. The smallest absolute Gasteiger partial charge is 0.272 e. The molecule has 1 saturated carbocycles. The number of carbonyl (C=O) groups is 2. The molecule has 0 radical (unpaired) electrons. The third-order valence-electron chi connectivity index (χ3n) is 7.37. The van der Waals surface area contributed by atoms with E-state index in [9.17, 15) is 9.59 Å². The number of amides is 2. The van der Waals surface area contributed by atoms with Gasteiger partial charge in [0.1, 0.15) is 0 Å². The first kappa shape index (κ1) is 21.2. The first-order valence-corrected chi connectivity index (χ1v) is 11.7. The summed E-state index contributed by atoms with van der Waals surface area (Å²) in [5, 5.41) is 7.43. The molecule has 2 fully saturated rings. The SMILES string of the molecule is CC(C)NC(=O)c1nn(C)c2c1COC1(CCN(C(=O)C3(c4ccccc4)CC3)CC1)C2. The lowest BCUT2D eigenvalue weighted by atomic mass is 9.83. The molecule has 2 amide bonds. The number of aryl methyl sites for hydroxylation is 1. The molecule has 0 bridgehead atoms. The van der Waals surface area contributed by atoms with Crippen LogP contribution in [0.1, 0.15) is 66.8 Å². The van der Waals surface area contributed by atoms with Crippen LogP contribution in [0, 0.1) is 0 Å². The molecule has 0 atom stereocenters. The van der Waals surface area contributed by atoms with Gasteiger partial charge in [0.15, 0.2) is 5.69 Å². The summed E-state index contributed by atoms with van der Waals surface area (Å²) >= 11 is 0. The molecule has 2 aliphatic heterocycles. The molecule has 32 heavy (non-hydrogen) atoms. The van der Waals surface area contributed by atoms with Crippen LogP contribution in [0.2, 0.25) is 0 Å². The Kier molecular flexibility index (Phi) is 5.12. The molecule has 0 unspecified atom stereocenters. The molecule has 1 N–H and O–H groups in total. The highest BCUT2D eigenvalue weighted by atomic mass is 16.5. The van der Waals surface area contributed by atoms with Gasteiger partial charge < -0.3 is 15.0 Å². The van der Waals surface area contributed by atoms with Gasteiger partial charge in [-0.1, -0.05) is 30.3 Å². The van der Waals surface area contributed by atoms with Crippen molar-refractivity contribution in [2.24, 2.45) is 7.05 Å². The Bertz CT molecular complexity index is 1030. The van der Waals surface area contributed by atoms with Crippen LogP contribution in [0.5, 0.6) is 0 Å². The largest absolute Gasteiger partial charge is 0.370 e. The topological polar surface area (TPSA) is 76.5 Å². The van der Waals surface area contributed by atoms with Crippen molar-refractivity contribution < 1.29 is 14.3 Å². The maximum Gasteiger partial charge on any atom is 0.272 e. The van der Waals surface area contributed by atoms with Gasteiger partial charge in [-0.2, -0.15) is 5.10 Å². The molecule has 1 saturated heterocycles. The Morgan fingerprint density at radius 3 is 2.41 bits per heavy atom. The number of fused-ring (bicyclic) bond motifs is 1. The Hall–Kier alpha value is -2.67. The predicted octanol–water partition coefficient (Wildman–Crippen LogP) is 2.72. The number of nitrogens with one attached hydrogen (secondary N) is 1. The molecule has 1 aromatic heterocycles. The summed E-state index contributed by atoms with van der Waals surface area (Å²) in [5.74, 6) is 0.121. The Morgan fingerprint density at radius 2 is 1.78 bits per heavy atom. The van der Waals surface area contributed by atoms with E-state index in [2.05, 4.69) is 22.5 Å². The molecular weight excluding hydrogens is 404 g/mol. The zero-order chi connectivity index (χ0) is 22.5. The van der Waals surface area contributed by atoms with E-state index < -0.39 is 0 Å². The summed E-state index contributed by atoms with van der Waals surface area (Å²) in [6.07, 6.45) is 4.22. The van der Waals surface area contributed by atoms with E-state index in [0.29, 0.717) is 25.4 Å². The van der Waals surface area contributed by atoms with Gasteiger partial charge in [-0.25, -0.2) is 0 Å². The van der Waals surface area contributed by atoms with Crippen LogP contribution in [0.3, 0.4) is 0 Å². The van der Waals surface area contributed by atoms with Crippen molar-refractivity contribution in [1.82, 2.24) is 20.0 Å². The molecule has 170 valence electrons. The second kappa shape index (κ2) is 7.73. The molecule has 1 aliphatic carbocycles. The van der Waals surface area contributed by atoms with Crippen molar-refractivity contribution >= 4 is 11.8 Å². The van der Waals surface area contributed by atoms with Gasteiger partial charge in [-0.3, -0.25) is 14.3 Å². The van der Waals surface area contributed by atoms with E-state index in [1.165, 1.54) is 0 Å². The highest BCUT2D eigenvalue weighted by molar-refractivity contribution is 5.94. The summed E-state index contributed by atoms with van der Waals surface area (Å²) in [4.78, 5) is 28.0. The fraction of sp³-hybridized carbons (Fsp3) is 0.560. The van der Waals surface area contributed by atoms with Crippen molar-refractivity contribution in [3.05, 3.63) is 52.8 Å². The van der Waals surface area contributed by atoms with Crippen molar-refractivity contribution in [1.29, 1.82) is 0 Å². The number of hydrogen-bond acceptors (Lipinski definition) is 4. The molecule has 7 nitrogen and oxygen atoms in total. The van der Waals surface area contributed by atoms with E-state index >= 15 is 0 Å². The first-order chi connectivity index (χ1) is 15.3. The number of ether oxygens (including phenoxy) is 1. The fourth-order valence-electron chi connectivity index (χ4n) is 5.32. The van der Waals surface area contributed by atoms with Crippen LogP contribution >= 0.6 is 0 Å². The lowest BCUT2D eigenvalue weighted by Gasteiger charge is -2.44. The number of piperidine rings is 1. The lowest BCUT2D eigenvalue weighted by molar-refractivity contribution is -0.143. The van der Waals surface area contributed by atoms with Crippen LogP contribution in [-0.4, -0.2) is 51.2 Å². The Labute approximate surface area is 189 Å². The molecule has 3 aliphatic rings. The zero-order valence-electron chi connectivity index (χ0n) is 19.2. The van der Waals surface area contributed by atoms with E-state index in [-0.39, 0.29) is 28.9 Å². The minimum Gasteiger partial charge on any atom is -0.370 e. The maximum atomic E-state index is 13.4. The number of carbonyl (C=O) groups excluding carboxylic acids is 2. The highest BCUT2D eigenvalue weighted by Gasteiger charge is 2.54. The second-order valence-corrected chi connectivity index (χ2v) is 9.91. The Balaban J connectivity index is 1.28. The van der Waals surface area contributed by atoms with E-state index in [1.807, 2.05) is 48.7 Å². The number of benzene rings is 1. The summed E-state index contributed by atoms with van der Waals surface area (Å²) in [7, 11) is 1.90. The second-order valence-electron chi connectivity index (χ2n) is 9.91. The van der Waals surface area contributed by atoms with Crippen LogP contribution < -0.4 is 5.32 Å². The number of likely N-dealkylation sites (tertiary alicyclic amines) is 1. The minimum atomic E-state index is -0.312. The maximum absolute atomic E-state index is 13.4. The van der Waals surface area contributed by atoms with Crippen molar-refractivity contribution in [3.8, 4) is 0 Å². The summed E-state index contributed by atoms with van der Waals surface area (Å²) in [6, 6.07) is 10.3. The van der Waals surface area contributed by atoms with Crippen LogP contribution in [0.25, 0.3) is 0 Å². The third-order valence-corrected chi connectivity index (χ3v) is 7.37. The Morgan fingerprint density at radius 1 is 1.09 bits per heavy atom. The van der Waals surface area contributed by atoms with Gasteiger partial charge in [-0.15, -0.1) is 0 Å². The van der Waals surface area contributed by atoms with Crippen LogP contribution in [0.15, 0.2) is 30.3 Å². The zero-order valence-corrected chi connectivity index (χ0v) is 19.2. The van der Waals surface area contributed by atoms with E-state index in [0.717, 1.165) is 48.9 Å². The number of aromatic nitrogens is 2. The van der Waals surface area contributed by atoms with Crippen molar-refractivity contribution in [3.63, 3.8) is 0 Å². The predicted molar refractivity (Wildman–Crippen MR) is 120 cm³/mol. The van der Waals surface area contributed by atoms with Gasteiger partial charge in [0, 0.05) is 43.9 Å². The van der Waals surface area contributed by atoms with Crippen LogP contribution in [-0.2, 0) is 35.0 Å². The summed E-state index contributed by atoms with van der Waals surface area (Å²) < 4.78 is 8.22. The standard InChI is InChI=1S/C25H32N4O3/c1-17(2)26-22(30)21-19-16-32-24(15-20(19)28(3)27-21)11-13-29(14-12-24)23(31)25(9-10-25)18-7-5-4-6-8-18/h4-8,17H,9-16H2,1-3H3,(H,26,30). The number of nitrogens with zero attached hydrogens (tertiary/aromatic N) is 3. The molecule has 2 aromatic rings. The van der Waals surface area contributed by atoms with Crippen molar-refractivity contribution in [2.45, 2.75) is 69.6 Å². The van der Waals surface area contributed by atoms with Crippen LogP contribution in [0.4, 0.5) is 0 Å². The van der Waals surface area contributed by atoms with Gasteiger partial charge >= 0.3 is 0 Å². The van der Waals surface area contributed by atoms with Gasteiger partial charge in [0.25, 0.3) is 5.91 Å². The molecule has 3 heterocycles. The molecule has 1 spiro atoms. The lowest BCUT2D eigenvalue weighted by Crippen LogP contribution is -2.52. The average molecular weight is 437 g/mol. The third kappa shape index (κ3) is 3.52. The van der Waals surface area contributed by atoms with Gasteiger partial charge in [0.2, 0.25) is 5.91 Å². The van der Waals surface area contributed by atoms with E-state index in [4.69, 9.17) is 4.74 Å². The van der Waals surface area contributed by atoms with Gasteiger partial charge in [-0.05, 0) is 45.1 Å². The molecular formula is C25H32N4O3. The highest BCUT2D eigenvalue weighted by Crippen LogP contribution is 2.50. The quantitative estimate of drug-likeness (QED) is 0.800. The van der Waals surface area contributed by atoms with Crippen molar-refractivity contribution in [2.75, 3.05) is 13.1 Å².